The lowest BCUT2D eigenvalue weighted by molar-refractivity contribution is 0.187. The van der Waals surface area contributed by atoms with Crippen LogP contribution in [0.5, 0.6) is 5.75 Å². The number of urea groups is 1. The summed E-state index contributed by atoms with van der Waals surface area (Å²) < 4.78 is 30.4. The lowest BCUT2D eigenvalue weighted by Crippen LogP contribution is -2.47. The Morgan fingerprint density at radius 3 is 2.39 bits per heavy atom. The Morgan fingerprint density at radius 2 is 1.87 bits per heavy atom. The van der Waals surface area contributed by atoms with Crippen LogP contribution in [0.3, 0.4) is 0 Å². The highest BCUT2D eigenvalue weighted by Gasteiger charge is 2.32. The number of methoxy groups -OCH3 is 1. The molecule has 1 heterocycles. The number of carbonyl (C=O) groups excluding carboxylic acids is 1. The standard InChI is InChI=1S/C16H24N2O4S/c1-3-10-17-16(19)18-11-8-15(9-12-18)23(20,21)14-6-4-13(22-2)5-7-14/h4-7,15H,3,8-12H2,1-2H3,(H,17,19). The molecule has 1 aliphatic rings. The third kappa shape index (κ3) is 4.16. The first-order valence-electron chi connectivity index (χ1n) is 7.89. The van der Waals surface area contributed by atoms with Crippen molar-refractivity contribution < 1.29 is 17.9 Å². The lowest BCUT2D eigenvalue weighted by atomic mass is 10.1. The Balaban J connectivity index is 1.99. The second-order valence-corrected chi connectivity index (χ2v) is 7.87. The van der Waals surface area contributed by atoms with Gasteiger partial charge in [-0.2, -0.15) is 0 Å². The van der Waals surface area contributed by atoms with Gasteiger partial charge in [-0.05, 0) is 43.5 Å². The molecule has 1 aliphatic heterocycles. The van der Waals surface area contributed by atoms with Gasteiger partial charge in [-0.3, -0.25) is 0 Å². The van der Waals surface area contributed by atoms with Crippen LogP contribution in [0.2, 0.25) is 0 Å². The molecule has 128 valence electrons. The molecule has 0 saturated carbocycles. The highest BCUT2D eigenvalue weighted by atomic mass is 32.2. The summed E-state index contributed by atoms with van der Waals surface area (Å²) in [6.07, 6.45) is 1.82. The van der Waals surface area contributed by atoms with E-state index in [1.54, 1.807) is 36.3 Å². The molecular weight excluding hydrogens is 316 g/mol. The van der Waals surface area contributed by atoms with Crippen molar-refractivity contribution in [2.75, 3.05) is 26.7 Å². The van der Waals surface area contributed by atoms with E-state index >= 15 is 0 Å². The van der Waals surface area contributed by atoms with Crippen LogP contribution >= 0.6 is 0 Å². The minimum atomic E-state index is -3.37. The molecule has 0 atom stereocenters. The van der Waals surface area contributed by atoms with E-state index in [2.05, 4.69) is 5.32 Å². The van der Waals surface area contributed by atoms with Crippen LogP contribution in [0.4, 0.5) is 4.79 Å². The molecule has 1 aromatic rings. The highest BCUT2D eigenvalue weighted by Crippen LogP contribution is 2.26. The molecule has 0 aromatic heterocycles. The van der Waals surface area contributed by atoms with Crippen molar-refractivity contribution in [3.63, 3.8) is 0 Å². The minimum Gasteiger partial charge on any atom is -0.497 e. The molecule has 2 amide bonds. The first-order valence-corrected chi connectivity index (χ1v) is 9.44. The van der Waals surface area contributed by atoms with Gasteiger partial charge >= 0.3 is 6.03 Å². The van der Waals surface area contributed by atoms with E-state index in [4.69, 9.17) is 4.74 Å². The van der Waals surface area contributed by atoms with Crippen LogP contribution in [-0.2, 0) is 9.84 Å². The molecule has 7 heteroatoms. The molecule has 0 aliphatic carbocycles. The van der Waals surface area contributed by atoms with Crippen LogP contribution < -0.4 is 10.1 Å². The Hall–Kier alpha value is -1.76. The molecule has 2 rings (SSSR count). The maximum absolute atomic E-state index is 12.7. The molecule has 0 radical (unpaired) electrons. The molecule has 0 unspecified atom stereocenters. The molecule has 0 bridgehead atoms. The Morgan fingerprint density at radius 1 is 1.26 bits per heavy atom. The van der Waals surface area contributed by atoms with Crippen molar-refractivity contribution in [2.45, 2.75) is 36.3 Å². The van der Waals surface area contributed by atoms with Crippen LogP contribution in [0.25, 0.3) is 0 Å². The number of amides is 2. The van der Waals surface area contributed by atoms with E-state index in [1.807, 2.05) is 6.92 Å². The fourth-order valence-electron chi connectivity index (χ4n) is 2.67. The molecule has 1 fully saturated rings. The zero-order chi connectivity index (χ0) is 16.9. The molecule has 23 heavy (non-hydrogen) atoms. The number of sulfone groups is 1. The molecule has 1 aromatic carbocycles. The first-order chi connectivity index (χ1) is 11.0. The monoisotopic (exact) mass is 340 g/mol. The number of hydrogen-bond acceptors (Lipinski definition) is 4. The molecular formula is C16H24N2O4S. The van der Waals surface area contributed by atoms with Crippen LogP contribution in [0.1, 0.15) is 26.2 Å². The molecule has 0 spiro atoms. The summed E-state index contributed by atoms with van der Waals surface area (Å²) >= 11 is 0. The SMILES string of the molecule is CCCNC(=O)N1CCC(S(=O)(=O)c2ccc(OC)cc2)CC1. The fraction of sp³-hybridized carbons (Fsp3) is 0.562. The van der Waals surface area contributed by atoms with Crippen molar-refractivity contribution >= 4 is 15.9 Å². The van der Waals surface area contributed by atoms with E-state index < -0.39 is 15.1 Å². The summed E-state index contributed by atoms with van der Waals surface area (Å²) in [6.45, 7) is 3.57. The van der Waals surface area contributed by atoms with Crippen molar-refractivity contribution in [1.82, 2.24) is 10.2 Å². The van der Waals surface area contributed by atoms with Crippen molar-refractivity contribution in [3.8, 4) is 5.75 Å². The van der Waals surface area contributed by atoms with Gasteiger partial charge in [0.1, 0.15) is 5.75 Å². The van der Waals surface area contributed by atoms with Crippen LogP contribution in [0, 0.1) is 0 Å². The van der Waals surface area contributed by atoms with Crippen molar-refractivity contribution in [1.29, 1.82) is 0 Å². The maximum Gasteiger partial charge on any atom is 0.317 e. The normalized spacial score (nSPS) is 16.2. The van der Waals surface area contributed by atoms with Gasteiger partial charge in [-0.25, -0.2) is 13.2 Å². The zero-order valence-electron chi connectivity index (χ0n) is 13.6. The summed E-state index contributed by atoms with van der Waals surface area (Å²) in [4.78, 5) is 13.9. The summed E-state index contributed by atoms with van der Waals surface area (Å²) in [5.74, 6) is 0.631. The summed E-state index contributed by atoms with van der Waals surface area (Å²) in [6, 6.07) is 6.36. The van der Waals surface area contributed by atoms with E-state index in [0.29, 0.717) is 43.1 Å². The van der Waals surface area contributed by atoms with Crippen LogP contribution in [0.15, 0.2) is 29.2 Å². The van der Waals surface area contributed by atoms with Gasteiger partial charge < -0.3 is 15.0 Å². The average molecular weight is 340 g/mol. The quantitative estimate of drug-likeness (QED) is 0.890. The third-order valence-electron chi connectivity index (χ3n) is 4.08. The third-order valence-corrected chi connectivity index (χ3v) is 6.36. The topological polar surface area (TPSA) is 75.7 Å². The first kappa shape index (κ1) is 17.6. The van der Waals surface area contributed by atoms with E-state index in [9.17, 15) is 13.2 Å². The van der Waals surface area contributed by atoms with Crippen molar-refractivity contribution in [2.24, 2.45) is 0 Å². The maximum atomic E-state index is 12.7. The fourth-order valence-corrected chi connectivity index (χ4v) is 4.40. The Labute approximate surface area is 137 Å². The van der Waals surface area contributed by atoms with Gasteiger partial charge in [0.25, 0.3) is 0 Å². The van der Waals surface area contributed by atoms with Crippen LogP contribution in [-0.4, -0.2) is 51.3 Å². The Kier molecular flexibility index (Phi) is 5.87. The number of hydrogen-bond donors (Lipinski definition) is 1. The second-order valence-electron chi connectivity index (χ2n) is 5.64. The highest BCUT2D eigenvalue weighted by molar-refractivity contribution is 7.92. The number of rotatable bonds is 5. The van der Waals surface area contributed by atoms with Gasteiger partial charge in [0.15, 0.2) is 9.84 Å². The average Bonchev–Trinajstić information content (AvgIpc) is 2.59. The summed E-state index contributed by atoms with van der Waals surface area (Å²) in [7, 11) is -1.82. The molecule has 1 saturated heterocycles. The number of carbonyl (C=O) groups is 1. The van der Waals surface area contributed by atoms with Gasteiger partial charge in [-0.15, -0.1) is 0 Å². The number of piperidine rings is 1. The molecule has 6 nitrogen and oxygen atoms in total. The smallest absolute Gasteiger partial charge is 0.317 e. The largest absolute Gasteiger partial charge is 0.497 e. The number of likely N-dealkylation sites (tertiary alicyclic amines) is 1. The summed E-state index contributed by atoms with van der Waals surface area (Å²) in [5, 5.41) is 2.38. The Bertz CT molecular complexity index is 620. The number of nitrogens with zero attached hydrogens (tertiary/aromatic N) is 1. The van der Waals surface area contributed by atoms with E-state index in [0.717, 1.165) is 6.42 Å². The number of nitrogens with one attached hydrogen (secondary N) is 1. The predicted molar refractivity (Wildman–Crippen MR) is 88.5 cm³/mol. The lowest BCUT2D eigenvalue weighted by Gasteiger charge is -2.31. The van der Waals surface area contributed by atoms with E-state index in [-0.39, 0.29) is 6.03 Å². The van der Waals surface area contributed by atoms with Gasteiger partial charge in [0, 0.05) is 19.6 Å². The second kappa shape index (κ2) is 7.68. The predicted octanol–water partition coefficient (Wildman–Crippen LogP) is 2.05. The van der Waals surface area contributed by atoms with E-state index in [1.165, 1.54) is 0 Å². The molecule has 1 N–H and O–H groups in total. The van der Waals surface area contributed by atoms with Gasteiger partial charge in [-0.1, -0.05) is 6.92 Å². The van der Waals surface area contributed by atoms with Crippen molar-refractivity contribution in [3.05, 3.63) is 24.3 Å². The van der Waals surface area contributed by atoms with Gasteiger partial charge in [0.05, 0.1) is 17.3 Å². The summed E-state index contributed by atoms with van der Waals surface area (Å²) in [5.41, 5.74) is 0. The number of ether oxygens (including phenoxy) is 1. The minimum absolute atomic E-state index is 0.104. The number of benzene rings is 1. The zero-order valence-corrected chi connectivity index (χ0v) is 14.4. The van der Waals surface area contributed by atoms with Gasteiger partial charge in [0.2, 0.25) is 0 Å².